The van der Waals surface area contributed by atoms with E-state index in [0.717, 1.165) is 17.8 Å². The lowest BCUT2D eigenvalue weighted by Crippen LogP contribution is -2.15. The minimum absolute atomic E-state index is 0.0993. The molecule has 0 spiro atoms. The Kier molecular flexibility index (Phi) is 4.31. The van der Waals surface area contributed by atoms with Crippen molar-refractivity contribution in [3.63, 3.8) is 0 Å². The van der Waals surface area contributed by atoms with E-state index in [1.807, 2.05) is 0 Å². The van der Waals surface area contributed by atoms with Crippen LogP contribution in [0.3, 0.4) is 0 Å². The maximum atomic E-state index is 13.1. The molecule has 2 aromatic rings. The fourth-order valence-electron chi connectivity index (χ4n) is 1.80. The molecule has 0 atom stereocenters. The second-order valence-corrected chi connectivity index (χ2v) is 4.23. The molecule has 0 aliphatic rings. The average molecular weight is 276 g/mol. The predicted molar refractivity (Wildman–Crippen MR) is 70.4 cm³/mol. The van der Waals surface area contributed by atoms with Gasteiger partial charge in [0.2, 0.25) is 0 Å². The smallest absolute Gasteiger partial charge is 0.274 e. The van der Waals surface area contributed by atoms with Crippen LogP contribution >= 0.6 is 0 Å². The van der Waals surface area contributed by atoms with E-state index in [1.165, 1.54) is 6.07 Å². The summed E-state index contributed by atoms with van der Waals surface area (Å²) in [6, 6.07) is 5.16. The largest absolute Gasteiger partial charge is 0.307 e. The monoisotopic (exact) mass is 276 g/mol. The summed E-state index contributed by atoms with van der Waals surface area (Å²) in [4.78, 5) is 18.5. The number of nitro benzene ring substituents is 1. The summed E-state index contributed by atoms with van der Waals surface area (Å²) in [5, 5.41) is 13.9. The molecule has 0 saturated carbocycles. The summed E-state index contributed by atoms with van der Waals surface area (Å²) in [5.41, 5.74) is 0.982. The predicted octanol–water partition coefficient (Wildman–Crippen LogP) is 2.12. The van der Waals surface area contributed by atoms with Crippen molar-refractivity contribution in [2.45, 2.75) is 20.0 Å². The van der Waals surface area contributed by atoms with Gasteiger partial charge in [-0.05, 0) is 25.1 Å². The second-order valence-electron chi connectivity index (χ2n) is 4.23. The van der Waals surface area contributed by atoms with Crippen molar-refractivity contribution >= 4 is 5.69 Å². The van der Waals surface area contributed by atoms with Crippen LogP contribution in [0.4, 0.5) is 10.1 Å². The number of halogens is 1. The highest BCUT2D eigenvalue weighted by molar-refractivity contribution is 5.40. The molecule has 1 aromatic heterocycles. The summed E-state index contributed by atoms with van der Waals surface area (Å²) >= 11 is 0. The van der Waals surface area contributed by atoms with Crippen molar-refractivity contribution in [2.75, 3.05) is 0 Å². The van der Waals surface area contributed by atoms with Gasteiger partial charge in [-0.25, -0.2) is 14.4 Å². The van der Waals surface area contributed by atoms with Crippen molar-refractivity contribution < 1.29 is 9.31 Å². The topological polar surface area (TPSA) is 81.0 Å². The van der Waals surface area contributed by atoms with E-state index in [2.05, 4.69) is 15.3 Å². The molecule has 6 nitrogen and oxygen atoms in total. The van der Waals surface area contributed by atoms with E-state index in [9.17, 15) is 14.5 Å². The number of benzene rings is 1. The number of hydrogen-bond donors (Lipinski definition) is 1. The van der Waals surface area contributed by atoms with Crippen LogP contribution in [0.15, 0.2) is 30.5 Å². The molecule has 1 N–H and O–H groups in total. The third-order valence-electron chi connectivity index (χ3n) is 2.69. The van der Waals surface area contributed by atoms with Crippen LogP contribution in [0.2, 0.25) is 0 Å². The van der Waals surface area contributed by atoms with Gasteiger partial charge in [-0.2, -0.15) is 0 Å². The number of nitrogens with one attached hydrogen (secondary N) is 1. The lowest BCUT2D eigenvalue weighted by molar-refractivity contribution is -0.385. The van der Waals surface area contributed by atoms with E-state index in [-0.39, 0.29) is 12.2 Å². The Bertz CT molecular complexity index is 634. The molecule has 7 heteroatoms. The van der Waals surface area contributed by atoms with Crippen LogP contribution in [0.1, 0.15) is 17.1 Å². The Morgan fingerprint density at radius 3 is 2.85 bits per heavy atom. The first-order valence-electron chi connectivity index (χ1n) is 5.98. The number of nitro groups is 1. The molecule has 0 aliphatic heterocycles. The molecule has 104 valence electrons. The number of hydrogen-bond acceptors (Lipinski definition) is 5. The molecule has 0 aliphatic carbocycles. The van der Waals surface area contributed by atoms with Gasteiger partial charge >= 0.3 is 0 Å². The van der Waals surface area contributed by atoms with E-state index in [0.29, 0.717) is 17.9 Å². The van der Waals surface area contributed by atoms with Gasteiger partial charge in [-0.3, -0.25) is 10.1 Å². The normalized spacial score (nSPS) is 10.5. The number of nitrogens with zero attached hydrogens (tertiary/aromatic N) is 3. The third kappa shape index (κ3) is 3.55. The molecule has 0 amide bonds. The number of aryl methyl sites for hydroxylation is 1. The van der Waals surface area contributed by atoms with Gasteiger partial charge in [0.25, 0.3) is 5.69 Å². The molecule has 20 heavy (non-hydrogen) atoms. The fraction of sp³-hybridized carbons (Fsp3) is 0.231. The Balaban J connectivity index is 2.04. The first-order chi connectivity index (χ1) is 9.56. The quantitative estimate of drug-likeness (QED) is 0.668. The summed E-state index contributed by atoms with van der Waals surface area (Å²) in [6.45, 7) is 2.40. The van der Waals surface area contributed by atoms with Gasteiger partial charge in [0.1, 0.15) is 11.6 Å². The average Bonchev–Trinajstić information content (AvgIpc) is 2.38. The Morgan fingerprint density at radius 1 is 1.35 bits per heavy atom. The summed E-state index contributed by atoms with van der Waals surface area (Å²) in [6.07, 6.45) is 1.64. The van der Waals surface area contributed by atoms with Crippen molar-refractivity contribution in [1.29, 1.82) is 0 Å². The summed E-state index contributed by atoms with van der Waals surface area (Å²) < 4.78 is 13.1. The van der Waals surface area contributed by atoms with Crippen LogP contribution < -0.4 is 5.32 Å². The highest BCUT2D eigenvalue weighted by Gasteiger charge is 2.13. The third-order valence-corrected chi connectivity index (χ3v) is 2.69. The van der Waals surface area contributed by atoms with Crippen LogP contribution in [0, 0.1) is 22.9 Å². The lowest BCUT2D eigenvalue weighted by atomic mass is 10.1. The first-order valence-corrected chi connectivity index (χ1v) is 5.98. The van der Waals surface area contributed by atoms with Gasteiger partial charge in [-0.1, -0.05) is 0 Å². The first kappa shape index (κ1) is 14.0. The SMILES string of the molecule is Cc1nccc(CNCc2cc(F)ccc2[N+](=O)[O-])n1. The molecule has 0 bridgehead atoms. The van der Waals surface area contributed by atoms with E-state index in [4.69, 9.17) is 0 Å². The lowest BCUT2D eigenvalue weighted by Gasteiger charge is -2.06. The number of aromatic nitrogens is 2. The molecule has 0 saturated heterocycles. The van der Waals surface area contributed by atoms with Gasteiger partial charge in [0, 0.05) is 30.9 Å². The fourth-order valence-corrected chi connectivity index (χ4v) is 1.80. The van der Waals surface area contributed by atoms with Crippen molar-refractivity contribution in [2.24, 2.45) is 0 Å². The Hall–Kier alpha value is -2.41. The minimum Gasteiger partial charge on any atom is -0.307 e. The van der Waals surface area contributed by atoms with Gasteiger partial charge < -0.3 is 5.32 Å². The number of rotatable bonds is 5. The Morgan fingerprint density at radius 2 is 2.15 bits per heavy atom. The molecule has 0 unspecified atom stereocenters. The van der Waals surface area contributed by atoms with Crippen molar-refractivity contribution in [3.8, 4) is 0 Å². The van der Waals surface area contributed by atoms with Gasteiger partial charge in [0.05, 0.1) is 10.6 Å². The Labute approximate surface area is 114 Å². The maximum absolute atomic E-state index is 13.1. The molecule has 0 fully saturated rings. The molecular weight excluding hydrogens is 263 g/mol. The molecule has 1 heterocycles. The van der Waals surface area contributed by atoms with E-state index in [1.54, 1.807) is 19.2 Å². The van der Waals surface area contributed by atoms with Crippen LogP contribution in [-0.4, -0.2) is 14.9 Å². The highest BCUT2D eigenvalue weighted by Crippen LogP contribution is 2.19. The van der Waals surface area contributed by atoms with E-state index >= 15 is 0 Å². The molecule has 2 rings (SSSR count). The summed E-state index contributed by atoms with van der Waals surface area (Å²) in [5.74, 6) is 0.159. The zero-order valence-corrected chi connectivity index (χ0v) is 10.8. The van der Waals surface area contributed by atoms with Crippen molar-refractivity contribution in [3.05, 3.63) is 63.5 Å². The van der Waals surface area contributed by atoms with Crippen LogP contribution in [0.5, 0.6) is 0 Å². The minimum atomic E-state index is -0.523. The standard InChI is InChI=1S/C13H13FN4O2/c1-9-16-5-4-12(17-9)8-15-7-10-6-11(14)2-3-13(10)18(19)20/h2-6,15H,7-8H2,1H3. The molecule has 1 aromatic carbocycles. The van der Waals surface area contributed by atoms with Crippen molar-refractivity contribution in [1.82, 2.24) is 15.3 Å². The van der Waals surface area contributed by atoms with E-state index < -0.39 is 10.7 Å². The second kappa shape index (κ2) is 6.16. The molecular formula is C13H13FN4O2. The van der Waals surface area contributed by atoms with Gasteiger partial charge in [-0.15, -0.1) is 0 Å². The van der Waals surface area contributed by atoms with Crippen LogP contribution in [0.25, 0.3) is 0 Å². The molecule has 0 radical (unpaired) electrons. The summed E-state index contributed by atoms with van der Waals surface area (Å²) in [7, 11) is 0. The van der Waals surface area contributed by atoms with Crippen LogP contribution in [-0.2, 0) is 13.1 Å². The highest BCUT2D eigenvalue weighted by atomic mass is 19.1. The zero-order chi connectivity index (χ0) is 14.5. The van der Waals surface area contributed by atoms with Gasteiger partial charge in [0.15, 0.2) is 0 Å². The zero-order valence-electron chi connectivity index (χ0n) is 10.8. The maximum Gasteiger partial charge on any atom is 0.274 e.